The molecule has 0 amide bonds. The number of fused-ring (bicyclic) bond motifs is 5. The van der Waals surface area contributed by atoms with Crippen molar-refractivity contribution in [2.24, 2.45) is 5.41 Å². The molecule has 0 aliphatic carbocycles. The molecule has 0 fully saturated rings. The molecular weight excluding hydrogens is 382 g/mol. The average molecular weight is 406 g/mol. The molecule has 1 nitrogen and oxygen atoms in total. The van der Waals surface area contributed by atoms with Crippen molar-refractivity contribution in [2.45, 2.75) is 37.0 Å². The summed E-state index contributed by atoms with van der Waals surface area (Å²) in [6, 6.07) is 24.7. The van der Waals surface area contributed by atoms with Crippen LogP contribution in [0.4, 0.5) is 0 Å². The Hall–Kier alpha value is -2.84. The summed E-state index contributed by atoms with van der Waals surface area (Å²) in [4.78, 5) is 7.47. The van der Waals surface area contributed by atoms with Gasteiger partial charge in [-0.25, -0.2) is 0 Å². The van der Waals surface area contributed by atoms with Crippen LogP contribution in [0.2, 0.25) is 0 Å². The van der Waals surface area contributed by atoms with Gasteiger partial charge >= 0.3 is 0 Å². The Morgan fingerprint density at radius 2 is 1.53 bits per heavy atom. The molecule has 5 aromatic rings. The minimum Gasteiger partial charge on any atom is -0.256 e. The third kappa shape index (κ3) is 2.82. The minimum absolute atomic E-state index is 0.275. The number of hydrogen-bond donors (Lipinski definition) is 0. The Morgan fingerprint density at radius 1 is 0.767 bits per heavy atom. The summed E-state index contributed by atoms with van der Waals surface area (Å²) in [7, 11) is 0. The third-order valence-electron chi connectivity index (χ3n) is 5.95. The van der Waals surface area contributed by atoms with Crippen molar-refractivity contribution in [2.75, 3.05) is 0 Å². The highest BCUT2D eigenvalue weighted by molar-refractivity contribution is 7.99. The molecule has 30 heavy (non-hydrogen) atoms. The van der Waals surface area contributed by atoms with Gasteiger partial charge in [0.25, 0.3) is 0 Å². The summed E-state index contributed by atoms with van der Waals surface area (Å²) in [6.45, 7) is 6.91. The van der Waals surface area contributed by atoms with Crippen LogP contribution in [0.3, 0.4) is 0 Å². The first kappa shape index (κ1) is 18.0. The van der Waals surface area contributed by atoms with Crippen LogP contribution >= 0.6 is 11.8 Å². The molecule has 6 rings (SSSR count). The molecule has 2 heteroatoms. The summed E-state index contributed by atoms with van der Waals surface area (Å²) in [5.74, 6) is 0. The maximum absolute atomic E-state index is 4.86. The largest absolute Gasteiger partial charge is 0.256 e. The van der Waals surface area contributed by atoms with E-state index in [1.165, 1.54) is 53.2 Å². The summed E-state index contributed by atoms with van der Waals surface area (Å²) in [5, 5.41) is 7.81. The van der Waals surface area contributed by atoms with E-state index in [1.807, 2.05) is 18.0 Å². The van der Waals surface area contributed by atoms with E-state index in [0.717, 1.165) is 12.1 Å². The first-order chi connectivity index (χ1) is 14.5. The van der Waals surface area contributed by atoms with Crippen LogP contribution in [-0.2, 0) is 6.42 Å². The second-order valence-electron chi connectivity index (χ2n) is 9.55. The Morgan fingerprint density at radius 3 is 2.33 bits per heavy atom. The van der Waals surface area contributed by atoms with Crippen LogP contribution in [0.1, 0.15) is 26.3 Å². The lowest BCUT2D eigenvalue weighted by Gasteiger charge is -2.22. The molecule has 4 aromatic carbocycles. The van der Waals surface area contributed by atoms with Gasteiger partial charge in [0, 0.05) is 26.9 Å². The van der Waals surface area contributed by atoms with Gasteiger partial charge in [-0.3, -0.25) is 4.98 Å². The molecule has 1 aliphatic rings. The lowest BCUT2D eigenvalue weighted by Crippen LogP contribution is -2.08. The van der Waals surface area contributed by atoms with Crippen molar-refractivity contribution in [1.29, 1.82) is 0 Å². The molecular formula is C28H23NS. The lowest BCUT2D eigenvalue weighted by atomic mass is 9.87. The zero-order chi connectivity index (χ0) is 20.5. The van der Waals surface area contributed by atoms with Crippen LogP contribution in [0, 0.1) is 5.41 Å². The Balaban J connectivity index is 1.65. The Kier molecular flexibility index (Phi) is 3.79. The summed E-state index contributed by atoms with van der Waals surface area (Å²) in [6.07, 6.45) is 3.06. The zero-order valence-corrected chi connectivity index (χ0v) is 18.3. The van der Waals surface area contributed by atoms with Crippen LogP contribution in [0.5, 0.6) is 0 Å². The monoisotopic (exact) mass is 405 g/mol. The molecule has 0 saturated heterocycles. The van der Waals surface area contributed by atoms with Crippen molar-refractivity contribution in [1.82, 2.24) is 4.98 Å². The van der Waals surface area contributed by atoms with Crippen molar-refractivity contribution in [3.63, 3.8) is 0 Å². The van der Waals surface area contributed by atoms with Crippen molar-refractivity contribution in [3.05, 3.63) is 78.5 Å². The molecule has 146 valence electrons. The average Bonchev–Trinajstić information content (AvgIpc) is 2.72. The fourth-order valence-electron chi connectivity index (χ4n) is 4.73. The third-order valence-corrected chi connectivity index (χ3v) is 7.05. The van der Waals surface area contributed by atoms with E-state index in [0.29, 0.717) is 0 Å². The van der Waals surface area contributed by atoms with Gasteiger partial charge in [0.1, 0.15) is 0 Å². The first-order valence-corrected chi connectivity index (χ1v) is 11.3. The zero-order valence-electron chi connectivity index (χ0n) is 17.5. The second kappa shape index (κ2) is 6.33. The minimum atomic E-state index is 0.275. The number of rotatable bonds is 1. The molecule has 0 N–H and O–H groups in total. The van der Waals surface area contributed by atoms with E-state index in [2.05, 4.69) is 87.5 Å². The maximum Gasteiger partial charge on any atom is 0.0803 e. The number of nitrogens with zero attached hydrogens (tertiary/aromatic N) is 1. The molecule has 0 spiro atoms. The smallest absolute Gasteiger partial charge is 0.0803 e. The predicted octanol–water partition coefficient (Wildman–Crippen LogP) is 8.26. The summed E-state index contributed by atoms with van der Waals surface area (Å²) >= 11 is 1.88. The van der Waals surface area contributed by atoms with Crippen LogP contribution in [0.25, 0.3) is 43.6 Å². The highest BCUT2D eigenvalue weighted by Gasteiger charge is 2.22. The van der Waals surface area contributed by atoms with Crippen LogP contribution < -0.4 is 0 Å². The highest BCUT2D eigenvalue weighted by atomic mass is 32.2. The Bertz CT molecular complexity index is 1470. The van der Waals surface area contributed by atoms with Gasteiger partial charge in [-0.05, 0) is 68.6 Å². The topological polar surface area (TPSA) is 12.9 Å². The van der Waals surface area contributed by atoms with E-state index in [-0.39, 0.29) is 5.41 Å². The van der Waals surface area contributed by atoms with Gasteiger partial charge in [0.05, 0.1) is 5.69 Å². The van der Waals surface area contributed by atoms with Crippen molar-refractivity contribution >= 4 is 44.1 Å². The molecule has 1 aromatic heterocycles. The van der Waals surface area contributed by atoms with E-state index >= 15 is 0 Å². The van der Waals surface area contributed by atoms with Gasteiger partial charge in [-0.2, -0.15) is 0 Å². The van der Waals surface area contributed by atoms with Gasteiger partial charge in [-0.15, -0.1) is 0 Å². The SMILES string of the molecule is CC(C)(C)Cc1ccc2cc3c4c(nccc4c2c1)-c1cc2ccccc2cc1S3. The van der Waals surface area contributed by atoms with Crippen LogP contribution in [-0.4, -0.2) is 4.98 Å². The fourth-order valence-corrected chi connectivity index (χ4v) is 5.91. The molecule has 0 radical (unpaired) electrons. The lowest BCUT2D eigenvalue weighted by molar-refractivity contribution is 0.411. The molecule has 0 unspecified atom stereocenters. The normalized spacial score (nSPS) is 13.2. The second-order valence-corrected chi connectivity index (χ2v) is 10.6. The van der Waals surface area contributed by atoms with E-state index in [4.69, 9.17) is 4.98 Å². The van der Waals surface area contributed by atoms with Crippen LogP contribution in [0.15, 0.2) is 82.7 Å². The number of hydrogen-bond acceptors (Lipinski definition) is 2. The first-order valence-electron chi connectivity index (χ1n) is 10.5. The summed E-state index contributed by atoms with van der Waals surface area (Å²) < 4.78 is 0. The molecule has 0 bridgehead atoms. The molecule has 1 aliphatic heterocycles. The maximum atomic E-state index is 4.86. The number of aromatic nitrogens is 1. The van der Waals surface area contributed by atoms with E-state index < -0.39 is 0 Å². The van der Waals surface area contributed by atoms with Crippen molar-refractivity contribution < 1.29 is 0 Å². The van der Waals surface area contributed by atoms with Gasteiger partial charge in [-0.1, -0.05) is 75.0 Å². The molecule has 0 saturated carbocycles. The molecule has 2 heterocycles. The van der Waals surface area contributed by atoms with E-state index in [9.17, 15) is 0 Å². The quantitative estimate of drug-likeness (QED) is 0.255. The van der Waals surface area contributed by atoms with Crippen molar-refractivity contribution in [3.8, 4) is 11.3 Å². The van der Waals surface area contributed by atoms with Gasteiger partial charge in [0.15, 0.2) is 0 Å². The van der Waals surface area contributed by atoms with Gasteiger partial charge in [0.2, 0.25) is 0 Å². The Labute approximate surface area is 181 Å². The highest BCUT2D eigenvalue weighted by Crippen LogP contribution is 2.49. The standard InChI is InChI=1S/C28H23NS/c1-28(2,3)16-17-8-9-20-15-25-26-21(22(20)12-17)10-11-29-27(26)23-13-18-6-4-5-7-19(18)14-24(23)30-25/h4-15H,16H2,1-3H3. The van der Waals surface area contributed by atoms with Gasteiger partial charge < -0.3 is 0 Å². The fraction of sp³-hybridized carbons (Fsp3) is 0.179. The number of pyridine rings is 1. The van der Waals surface area contributed by atoms with E-state index in [1.54, 1.807) is 0 Å². The molecule has 0 atom stereocenters. The number of benzene rings is 4. The predicted molar refractivity (Wildman–Crippen MR) is 129 cm³/mol. The summed E-state index contributed by atoms with van der Waals surface area (Å²) in [5.41, 5.74) is 4.04.